The van der Waals surface area contributed by atoms with Crippen LogP contribution in [0.25, 0.3) is 5.69 Å². The molecule has 2 atom stereocenters. The van der Waals surface area contributed by atoms with E-state index in [9.17, 15) is 19.2 Å². The second-order valence-electron chi connectivity index (χ2n) is 8.22. The Morgan fingerprint density at radius 3 is 2.14 bits per heavy atom. The van der Waals surface area contributed by atoms with E-state index in [1.54, 1.807) is 62.4 Å². The van der Waals surface area contributed by atoms with Gasteiger partial charge in [0.2, 0.25) is 5.91 Å². The molecule has 0 saturated carbocycles. The predicted octanol–water partition coefficient (Wildman–Crippen LogP) is 3.70. The molecule has 3 aromatic rings. The summed E-state index contributed by atoms with van der Waals surface area (Å²) in [5.74, 6) is -2.54. The molecule has 0 saturated heterocycles. The van der Waals surface area contributed by atoms with Crippen molar-refractivity contribution in [3.05, 3.63) is 77.5 Å². The Hall–Kier alpha value is -4.27. The molecule has 0 aliphatic carbocycles. The highest BCUT2D eigenvalue weighted by Crippen LogP contribution is 2.30. The molecule has 4 rings (SSSR count). The van der Waals surface area contributed by atoms with Gasteiger partial charge in [0, 0.05) is 0 Å². The average molecular weight is 475 g/mol. The van der Waals surface area contributed by atoms with Gasteiger partial charge < -0.3 is 10.1 Å². The summed E-state index contributed by atoms with van der Waals surface area (Å²) in [6.45, 7) is 5.50. The topological polar surface area (TPSA) is 111 Å². The summed E-state index contributed by atoms with van der Waals surface area (Å²) in [7, 11) is 0. The van der Waals surface area contributed by atoms with E-state index < -0.39 is 29.7 Å². The first kappa shape index (κ1) is 23.9. The number of amides is 3. The second kappa shape index (κ2) is 9.92. The third kappa shape index (κ3) is 4.32. The van der Waals surface area contributed by atoms with E-state index in [2.05, 4.69) is 10.4 Å². The number of aromatic nitrogens is 2. The maximum atomic E-state index is 13.7. The van der Waals surface area contributed by atoms with Gasteiger partial charge in [-0.1, -0.05) is 50.6 Å². The van der Waals surface area contributed by atoms with E-state index >= 15 is 0 Å². The van der Waals surface area contributed by atoms with Gasteiger partial charge in [-0.15, -0.1) is 0 Å². The maximum absolute atomic E-state index is 13.7. The smallest absolute Gasteiger partial charge is 0.343 e. The van der Waals surface area contributed by atoms with Gasteiger partial charge in [0.1, 0.15) is 11.6 Å². The van der Waals surface area contributed by atoms with Crippen LogP contribution in [-0.2, 0) is 9.53 Å². The zero-order chi connectivity index (χ0) is 25.1. The minimum absolute atomic E-state index is 0.0642. The minimum Gasteiger partial charge on any atom is -0.462 e. The Kier molecular flexibility index (Phi) is 6.77. The van der Waals surface area contributed by atoms with Crippen molar-refractivity contribution in [3.63, 3.8) is 0 Å². The average Bonchev–Trinajstić information content (AvgIpc) is 3.39. The van der Waals surface area contributed by atoms with Gasteiger partial charge >= 0.3 is 5.97 Å². The van der Waals surface area contributed by atoms with Crippen LogP contribution in [0.4, 0.5) is 5.82 Å². The molecular formula is C26H26N4O5. The predicted molar refractivity (Wildman–Crippen MR) is 128 cm³/mol. The zero-order valence-electron chi connectivity index (χ0n) is 19.7. The highest BCUT2D eigenvalue weighted by Gasteiger charge is 2.45. The van der Waals surface area contributed by atoms with Crippen molar-refractivity contribution < 1.29 is 23.9 Å². The van der Waals surface area contributed by atoms with Crippen LogP contribution in [0.2, 0.25) is 0 Å². The second-order valence-corrected chi connectivity index (χ2v) is 8.22. The summed E-state index contributed by atoms with van der Waals surface area (Å²) in [5.41, 5.74) is 1.20. The van der Waals surface area contributed by atoms with E-state index in [1.165, 1.54) is 10.9 Å². The molecule has 9 heteroatoms. The number of hydrogen-bond acceptors (Lipinski definition) is 6. The molecule has 1 aromatic heterocycles. The molecule has 180 valence electrons. The first-order valence-corrected chi connectivity index (χ1v) is 11.5. The monoisotopic (exact) mass is 474 g/mol. The molecule has 0 spiro atoms. The first-order valence-electron chi connectivity index (χ1n) is 11.5. The van der Waals surface area contributed by atoms with Crippen molar-refractivity contribution in [1.29, 1.82) is 0 Å². The third-order valence-electron chi connectivity index (χ3n) is 6.06. The number of nitrogens with zero attached hydrogens (tertiary/aromatic N) is 3. The summed E-state index contributed by atoms with van der Waals surface area (Å²) in [6.07, 6.45) is 1.86. The van der Waals surface area contributed by atoms with Gasteiger partial charge in [-0.3, -0.25) is 19.3 Å². The summed E-state index contributed by atoms with van der Waals surface area (Å²) in [6, 6.07) is 14.4. The Balaban J connectivity index is 1.74. The highest BCUT2D eigenvalue weighted by molar-refractivity contribution is 6.23. The van der Waals surface area contributed by atoms with E-state index in [4.69, 9.17) is 4.74 Å². The number of hydrogen-bond donors (Lipinski definition) is 1. The van der Waals surface area contributed by atoms with E-state index in [1.807, 2.05) is 13.0 Å². The molecule has 3 amide bonds. The highest BCUT2D eigenvalue weighted by atomic mass is 16.5. The lowest BCUT2D eigenvalue weighted by Gasteiger charge is -2.30. The third-order valence-corrected chi connectivity index (χ3v) is 6.06. The van der Waals surface area contributed by atoms with Gasteiger partial charge in [-0.2, -0.15) is 5.10 Å². The quantitative estimate of drug-likeness (QED) is 0.394. The van der Waals surface area contributed by atoms with Crippen LogP contribution in [0.15, 0.2) is 60.8 Å². The van der Waals surface area contributed by atoms with Gasteiger partial charge in [-0.25, -0.2) is 9.48 Å². The fourth-order valence-electron chi connectivity index (χ4n) is 4.10. The van der Waals surface area contributed by atoms with Crippen LogP contribution in [0.5, 0.6) is 0 Å². The van der Waals surface area contributed by atoms with Crippen LogP contribution in [0.1, 0.15) is 58.3 Å². The molecule has 9 nitrogen and oxygen atoms in total. The molecule has 2 heterocycles. The largest absolute Gasteiger partial charge is 0.462 e. The molecule has 35 heavy (non-hydrogen) atoms. The number of benzene rings is 2. The van der Waals surface area contributed by atoms with Gasteiger partial charge in [-0.05, 0) is 37.1 Å². The number of carbonyl (C=O) groups is 4. The minimum atomic E-state index is -1.10. The number of rotatable bonds is 8. The first-order chi connectivity index (χ1) is 16.9. The van der Waals surface area contributed by atoms with Crippen LogP contribution in [-0.4, -0.2) is 51.0 Å². The van der Waals surface area contributed by atoms with Crippen LogP contribution < -0.4 is 5.32 Å². The molecule has 0 radical (unpaired) electrons. The zero-order valence-corrected chi connectivity index (χ0v) is 19.7. The molecule has 0 fully saturated rings. The number of fused-ring (bicyclic) bond motifs is 1. The van der Waals surface area contributed by atoms with E-state index in [0.717, 1.165) is 4.90 Å². The summed E-state index contributed by atoms with van der Waals surface area (Å²) >= 11 is 0. The van der Waals surface area contributed by atoms with Crippen molar-refractivity contribution in [1.82, 2.24) is 14.7 Å². The Bertz CT molecular complexity index is 1250. The standard InChI is InChI=1S/C26H26N4O5/c1-4-16(3)21(29-24(32)18-13-9-10-14-19(18)25(29)33)23(31)28-22-20(26(34)35-5-2)15-27-30(22)17-11-7-6-8-12-17/h6-16,21H,4-5H2,1-3H3,(H,28,31). The molecule has 2 aromatic carbocycles. The van der Waals surface area contributed by atoms with Crippen molar-refractivity contribution >= 4 is 29.5 Å². The van der Waals surface area contributed by atoms with Crippen LogP contribution in [0, 0.1) is 5.92 Å². The lowest BCUT2D eigenvalue weighted by molar-refractivity contribution is -0.121. The van der Waals surface area contributed by atoms with Crippen molar-refractivity contribution in [3.8, 4) is 5.69 Å². The van der Waals surface area contributed by atoms with Gasteiger partial charge in [0.25, 0.3) is 11.8 Å². The Morgan fingerprint density at radius 2 is 1.57 bits per heavy atom. The summed E-state index contributed by atoms with van der Waals surface area (Å²) in [5, 5.41) is 7.05. The molecule has 1 N–H and O–H groups in total. The van der Waals surface area contributed by atoms with Crippen molar-refractivity contribution in [2.45, 2.75) is 33.2 Å². The lowest BCUT2D eigenvalue weighted by Crippen LogP contribution is -2.51. The van der Waals surface area contributed by atoms with Gasteiger partial charge in [0.15, 0.2) is 5.82 Å². The van der Waals surface area contributed by atoms with Crippen LogP contribution in [0.3, 0.4) is 0 Å². The Morgan fingerprint density at radius 1 is 0.971 bits per heavy atom. The number of imide groups is 1. The number of ether oxygens (including phenoxy) is 1. The maximum Gasteiger partial charge on any atom is 0.343 e. The van der Waals surface area contributed by atoms with Crippen LogP contribution >= 0.6 is 0 Å². The Labute approximate surface area is 202 Å². The fraction of sp³-hybridized carbons (Fsp3) is 0.269. The summed E-state index contributed by atoms with van der Waals surface area (Å²) in [4.78, 5) is 53.7. The number of nitrogens with one attached hydrogen (secondary N) is 1. The number of anilines is 1. The van der Waals surface area contributed by atoms with Crippen molar-refractivity contribution in [2.75, 3.05) is 11.9 Å². The number of carbonyl (C=O) groups excluding carboxylic acids is 4. The molecule has 2 unspecified atom stereocenters. The van der Waals surface area contributed by atoms with E-state index in [0.29, 0.717) is 12.1 Å². The lowest BCUT2D eigenvalue weighted by atomic mass is 9.96. The number of esters is 1. The molecule has 1 aliphatic rings. The SMILES string of the molecule is CCOC(=O)c1cnn(-c2ccccc2)c1NC(=O)C(C(C)CC)N1C(=O)c2ccccc2C1=O. The molecular weight excluding hydrogens is 448 g/mol. The summed E-state index contributed by atoms with van der Waals surface area (Å²) < 4.78 is 6.56. The van der Waals surface area contributed by atoms with Crippen molar-refractivity contribution in [2.24, 2.45) is 5.92 Å². The fourth-order valence-corrected chi connectivity index (χ4v) is 4.10. The van der Waals surface area contributed by atoms with Gasteiger partial charge in [0.05, 0.1) is 29.6 Å². The van der Waals surface area contributed by atoms with E-state index in [-0.39, 0.29) is 35.0 Å². The number of para-hydroxylation sites is 1. The molecule has 1 aliphatic heterocycles. The normalized spacial score (nSPS) is 14.4. The molecule has 0 bridgehead atoms.